The summed E-state index contributed by atoms with van der Waals surface area (Å²) >= 11 is 0. The third kappa shape index (κ3) is 7.18. The van der Waals surface area contributed by atoms with Crippen LogP contribution in [0.2, 0.25) is 0 Å². The second kappa shape index (κ2) is 14.0. The van der Waals surface area contributed by atoms with Gasteiger partial charge >= 0.3 is 6.18 Å². The number of aromatic amines is 1. The molecule has 4 aliphatic heterocycles. The normalized spacial score (nSPS) is 21.3. The Hall–Kier alpha value is -3.68. The lowest BCUT2D eigenvalue weighted by atomic mass is 9.87. The number of morpholine rings is 1. The van der Waals surface area contributed by atoms with E-state index in [1.54, 1.807) is 18.5 Å². The summed E-state index contributed by atoms with van der Waals surface area (Å²) in [7, 11) is 0. The number of ether oxygens (including phenoxy) is 1. The number of halogens is 3. The van der Waals surface area contributed by atoms with Gasteiger partial charge in [-0.2, -0.15) is 13.2 Å². The predicted octanol–water partition coefficient (Wildman–Crippen LogP) is 4.77. The van der Waals surface area contributed by atoms with Crippen LogP contribution in [0.5, 0.6) is 0 Å². The summed E-state index contributed by atoms with van der Waals surface area (Å²) in [5.41, 5.74) is 3.51. The number of likely N-dealkylation sites (tertiary alicyclic amines) is 3. The van der Waals surface area contributed by atoms with Crippen molar-refractivity contribution in [2.24, 2.45) is 5.92 Å². The minimum absolute atomic E-state index is 0.0414. The number of nitrogens with zero attached hydrogens (tertiary/aromatic N) is 6. The number of carbonyl (C=O) groups is 1. The number of benzene rings is 1. The number of anilines is 2. The van der Waals surface area contributed by atoms with Crippen molar-refractivity contribution in [2.75, 3.05) is 82.3 Å². The summed E-state index contributed by atoms with van der Waals surface area (Å²) in [5, 5.41) is 3.75. The van der Waals surface area contributed by atoms with Crippen molar-refractivity contribution in [1.82, 2.24) is 29.7 Å². The van der Waals surface area contributed by atoms with Crippen molar-refractivity contribution < 1.29 is 22.7 Å². The van der Waals surface area contributed by atoms with E-state index in [0.717, 1.165) is 67.1 Å². The van der Waals surface area contributed by atoms with Gasteiger partial charge in [0.05, 0.1) is 18.6 Å². The first-order chi connectivity index (χ1) is 23.2. The van der Waals surface area contributed by atoms with Gasteiger partial charge in [-0.15, -0.1) is 0 Å². The quantitative estimate of drug-likeness (QED) is 0.316. The highest BCUT2D eigenvalue weighted by molar-refractivity contribution is 5.93. The first kappa shape index (κ1) is 32.8. The molecule has 0 bridgehead atoms. The van der Waals surface area contributed by atoms with E-state index < -0.39 is 18.1 Å². The number of carbonyl (C=O) groups excluding carboxylic acids is 1. The Morgan fingerprint density at radius 1 is 0.979 bits per heavy atom. The fraction of sp³-hybridized carbons (Fsp3) is 0.571. The lowest BCUT2D eigenvalue weighted by Crippen LogP contribution is -2.52. The molecule has 1 unspecified atom stereocenters. The number of H-pyrrole nitrogens is 1. The Balaban J connectivity index is 0.938. The van der Waals surface area contributed by atoms with Gasteiger partial charge in [0.2, 0.25) is 5.91 Å². The van der Waals surface area contributed by atoms with Gasteiger partial charge in [0.25, 0.3) is 0 Å². The number of fused-ring (bicyclic) bond motifs is 1. The van der Waals surface area contributed by atoms with E-state index in [0.29, 0.717) is 76.1 Å². The van der Waals surface area contributed by atoms with E-state index in [1.165, 1.54) is 6.42 Å². The van der Waals surface area contributed by atoms with Crippen molar-refractivity contribution in [3.63, 3.8) is 0 Å². The van der Waals surface area contributed by atoms with Gasteiger partial charge in [0.15, 0.2) is 0 Å². The average Bonchev–Trinajstić information content (AvgIpc) is 3.53. The van der Waals surface area contributed by atoms with E-state index in [-0.39, 0.29) is 5.91 Å². The zero-order valence-electron chi connectivity index (χ0n) is 27.4. The summed E-state index contributed by atoms with van der Waals surface area (Å²) in [6.45, 7) is 12.1. The SMILES string of the molecule is C=C(CN1CCC1)C(=O)N1CCC(N2CCC(C(Nc3ccc(-c4cc5c(N6CCOCC6)ncnc5[nH]4)cc3)C(F)(F)F)CC2)CC1. The minimum Gasteiger partial charge on any atom is -0.378 e. The molecule has 13 heteroatoms. The smallest absolute Gasteiger partial charge is 0.378 e. The van der Waals surface area contributed by atoms with Crippen molar-refractivity contribution >= 4 is 28.4 Å². The largest absolute Gasteiger partial charge is 0.408 e. The highest BCUT2D eigenvalue weighted by atomic mass is 19.4. The zero-order chi connectivity index (χ0) is 33.3. The number of rotatable bonds is 9. The van der Waals surface area contributed by atoms with Crippen LogP contribution >= 0.6 is 0 Å². The third-order valence-corrected chi connectivity index (χ3v) is 10.6. The molecule has 10 nitrogen and oxygen atoms in total. The van der Waals surface area contributed by atoms with Crippen LogP contribution in [0.15, 0.2) is 48.8 Å². The number of nitrogens with one attached hydrogen (secondary N) is 2. The first-order valence-electron chi connectivity index (χ1n) is 17.3. The number of piperidine rings is 2. The van der Waals surface area contributed by atoms with Crippen molar-refractivity contribution in [2.45, 2.75) is 50.4 Å². The van der Waals surface area contributed by atoms with Crippen LogP contribution in [0.4, 0.5) is 24.7 Å². The standard InChI is InChI=1S/C35H45F3N8O2/c1-24(22-43-11-2-12-43)34(47)46-15-9-28(10-16-46)44-13-7-26(8-14-44)31(35(36,37)38)41-27-5-3-25(4-6-27)30-21-29-32(42-30)39-23-40-33(29)45-17-19-48-20-18-45/h3-6,21,23,26,28,31,41H,1-2,7-20,22H2,(H,39,40,42). The molecule has 1 amide bonds. The highest BCUT2D eigenvalue weighted by Gasteiger charge is 2.46. The Morgan fingerprint density at radius 3 is 2.33 bits per heavy atom. The van der Waals surface area contributed by atoms with E-state index in [4.69, 9.17) is 4.74 Å². The molecule has 48 heavy (non-hydrogen) atoms. The Labute approximate surface area is 279 Å². The molecule has 0 saturated carbocycles. The maximum Gasteiger partial charge on any atom is 0.408 e. The summed E-state index contributed by atoms with van der Waals surface area (Å²) in [5.74, 6) is 0.376. The van der Waals surface area contributed by atoms with E-state index in [2.05, 4.69) is 41.5 Å². The van der Waals surface area contributed by atoms with Crippen LogP contribution in [0.1, 0.15) is 32.1 Å². The van der Waals surface area contributed by atoms with Gasteiger partial charge in [-0.3, -0.25) is 9.69 Å². The van der Waals surface area contributed by atoms with Crippen LogP contribution in [-0.4, -0.2) is 126 Å². The molecule has 0 radical (unpaired) electrons. The number of alkyl halides is 3. The fourth-order valence-electron chi connectivity index (χ4n) is 7.65. The molecule has 6 heterocycles. The Morgan fingerprint density at radius 2 is 1.69 bits per heavy atom. The molecular formula is C35H45F3N8O2. The van der Waals surface area contributed by atoms with E-state index in [9.17, 15) is 18.0 Å². The van der Waals surface area contributed by atoms with Crippen molar-refractivity contribution in [1.29, 1.82) is 0 Å². The fourth-order valence-corrected chi connectivity index (χ4v) is 7.65. The molecule has 4 saturated heterocycles. The molecule has 2 N–H and O–H groups in total. The van der Waals surface area contributed by atoms with Crippen LogP contribution < -0.4 is 10.2 Å². The van der Waals surface area contributed by atoms with Gasteiger partial charge in [0, 0.05) is 55.7 Å². The highest BCUT2D eigenvalue weighted by Crippen LogP contribution is 2.36. The Kier molecular flexibility index (Phi) is 9.61. The molecule has 0 spiro atoms. The molecule has 4 aliphatic rings. The monoisotopic (exact) mass is 666 g/mol. The number of aromatic nitrogens is 3. The number of hydrogen-bond acceptors (Lipinski definition) is 8. The van der Waals surface area contributed by atoms with E-state index >= 15 is 0 Å². The second-order valence-electron chi connectivity index (χ2n) is 13.6. The zero-order valence-corrected chi connectivity index (χ0v) is 27.4. The summed E-state index contributed by atoms with van der Waals surface area (Å²) in [4.78, 5) is 33.8. The van der Waals surface area contributed by atoms with Gasteiger partial charge in [0.1, 0.15) is 23.8 Å². The average molecular weight is 667 g/mol. The second-order valence-corrected chi connectivity index (χ2v) is 13.6. The first-order valence-corrected chi connectivity index (χ1v) is 17.3. The third-order valence-electron chi connectivity index (χ3n) is 10.6. The number of hydrogen-bond donors (Lipinski definition) is 2. The van der Waals surface area contributed by atoms with E-state index in [1.807, 2.05) is 23.1 Å². The Bertz CT molecular complexity index is 1570. The molecule has 2 aromatic heterocycles. The predicted molar refractivity (Wildman–Crippen MR) is 180 cm³/mol. The summed E-state index contributed by atoms with van der Waals surface area (Å²) in [6.07, 6.45) is 0.988. The van der Waals surface area contributed by atoms with Crippen molar-refractivity contribution in [3.8, 4) is 11.3 Å². The molecular weight excluding hydrogens is 621 g/mol. The molecule has 7 rings (SSSR count). The maximum atomic E-state index is 14.4. The van der Waals surface area contributed by atoms with Crippen LogP contribution in [0.25, 0.3) is 22.3 Å². The lowest BCUT2D eigenvalue weighted by molar-refractivity contribution is -0.157. The molecule has 258 valence electrons. The topological polar surface area (TPSA) is 92.9 Å². The van der Waals surface area contributed by atoms with Crippen LogP contribution in [0.3, 0.4) is 0 Å². The van der Waals surface area contributed by atoms with Gasteiger partial charge in [-0.05, 0) is 88.0 Å². The molecule has 1 aromatic carbocycles. The maximum absolute atomic E-state index is 14.4. The molecule has 4 fully saturated rings. The van der Waals surface area contributed by atoms with Gasteiger partial charge < -0.3 is 29.7 Å². The van der Waals surface area contributed by atoms with Crippen molar-refractivity contribution in [3.05, 3.63) is 48.8 Å². The molecule has 3 aromatic rings. The lowest BCUT2D eigenvalue weighted by Gasteiger charge is -2.43. The summed E-state index contributed by atoms with van der Waals surface area (Å²) < 4.78 is 48.8. The van der Waals surface area contributed by atoms with Crippen LogP contribution in [0, 0.1) is 5.92 Å². The molecule has 0 aliphatic carbocycles. The number of amides is 1. The minimum atomic E-state index is -4.37. The van der Waals surface area contributed by atoms with Gasteiger partial charge in [-0.1, -0.05) is 18.7 Å². The summed E-state index contributed by atoms with van der Waals surface area (Å²) in [6, 6.07) is 7.78. The van der Waals surface area contributed by atoms with Crippen LogP contribution in [-0.2, 0) is 9.53 Å². The van der Waals surface area contributed by atoms with Gasteiger partial charge in [-0.25, -0.2) is 9.97 Å². The molecule has 1 atom stereocenters.